The number of nitrogens with zero attached hydrogens (tertiary/aromatic N) is 1. The van der Waals surface area contributed by atoms with E-state index in [1.165, 1.54) is 0 Å². The molecule has 0 saturated carbocycles. The molecule has 1 aromatic heterocycles. The average Bonchev–Trinajstić information content (AvgIpc) is 2.59. The number of carbonyl (C=O) groups excluding carboxylic acids is 2. The molecule has 0 saturated heterocycles. The highest BCUT2D eigenvalue weighted by atomic mass is 32.2. The van der Waals surface area contributed by atoms with E-state index in [9.17, 15) is 9.59 Å². The van der Waals surface area contributed by atoms with E-state index in [1.54, 1.807) is 24.0 Å². The van der Waals surface area contributed by atoms with E-state index >= 15 is 0 Å². The fraction of sp³-hybridized carbons (Fsp3) is 0.278. The first-order chi connectivity index (χ1) is 11.2. The number of ketones is 1. The molecule has 0 spiro atoms. The minimum absolute atomic E-state index is 0.0446. The number of amides is 1. The fourth-order valence-corrected chi connectivity index (χ4v) is 3.35. The number of Topliss-reactive ketones (excluding diaryl/α,β-unsaturated/α-hetero) is 1. The molecule has 4 nitrogen and oxygen atoms in total. The minimum Gasteiger partial charge on any atom is -0.326 e. The number of thioether (sulfide) groups is 1. The van der Waals surface area contributed by atoms with E-state index in [2.05, 4.69) is 10.3 Å². The molecule has 0 unspecified atom stereocenters. The van der Waals surface area contributed by atoms with Crippen LogP contribution in [0.5, 0.6) is 0 Å². The SMILES string of the molecule is O=C1CCc2cc(C(=O)CCCSc3ccccn3)ccc2N1. The standard InChI is InChI=1S/C18H18N2O2S/c21-16(4-3-11-23-18-5-1-2-10-19-18)14-6-8-15-13(12-14)7-9-17(22)20-15/h1-2,5-6,8,10,12H,3-4,7,9,11H2,(H,20,22). The molecule has 2 aromatic rings. The predicted molar refractivity (Wildman–Crippen MR) is 91.9 cm³/mol. The molecule has 0 atom stereocenters. The first-order valence-electron chi connectivity index (χ1n) is 7.72. The van der Waals surface area contributed by atoms with Gasteiger partial charge in [-0.1, -0.05) is 6.07 Å². The van der Waals surface area contributed by atoms with Crippen LogP contribution in [0.3, 0.4) is 0 Å². The van der Waals surface area contributed by atoms with Gasteiger partial charge in [-0.2, -0.15) is 0 Å². The van der Waals surface area contributed by atoms with Crippen molar-refractivity contribution in [1.29, 1.82) is 0 Å². The van der Waals surface area contributed by atoms with Crippen LogP contribution >= 0.6 is 11.8 Å². The Balaban J connectivity index is 1.51. The third-order valence-corrected chi connectivity index (χ3v) is 4.79. The quantitative estimate of drug-likeness (QED) is 0.499. The second kappa shape index (κ2) is 7.42. The van der Waals surface area contributed by atoms with Gasteiger partial charge in [0, 0.05) is 30.3 Å². The topological polar surface area (TPSA) is 59.1 Å². The summed E-state index contributed by atoms with van der Waals surface area (Å²) in [5.74, 6) is 1.08. The third kappa shape index (κ3) is 4.20. The van der Waals surface area contributed by atoms with E-state index in [1.807, 2.05) is 30.3 Å². The number of anilines is 1. The smallest absolute Gasteiger partial charge is 0.224 e. The van der Waals surface area contributed by atoms with E-state index in [4.69, 9.17) is 0 Å². The Morgan fingerprint density at radius 3 is 2.96 bits per heavy atom. The highest BCUT2D eigenvalue weighted by Crippen LogP contribution is 2.24. The Morgan fingerprint density at radius 1 is 1.22 bits per heavy atom. The molecule has 23 heavy (non-hydrogen) atoms. The van der Waals surface area contributed by atoms with Crippen LogP contribution in [-0.4, -0.2) is 22.4 Å². The van der Waals surface area contributed by atoms with Crippen molar-refractivity contribution in [3.05, 3.63) is 53.7 Å². The van der Waals surface area contributed by atoms with E-state index in [0.29, 0.717) is 19.3 Å². The van der Waals surface area contributed by atoms with Gasteiger partial charge in [0.15, 0.2) is 5.78 Å². The van der Waals surface area contributed by atoms with Crippen LogP contribution in [0.25, 0.3) is 0 Å². The summed E-state index contributed by atoms with van der Waals surface area (Å²) in [4.78, 5) is 27.9. The molecular formula is C18H18N2O2S. The van der Waals surface area contributed by atoms with Gasteiger partial charge in [0.2, 0.25) is 5.91 Å². The van der Waals surface area contributed by atoms with Gasteiger partial charge in [-0.15, -0.1) is 11.8 Å². The molecule has 1 aliphatic rings. The van der Waals surface area contributed by atoms with E-state index in [-0.39, 0.29) is 11.7 Å². The summed E-state index contributed by atoms with van der Waals surface area (Å²) in [6.07, 6.45) is 4.33. The zero-order chi connectivity index (χ0) is 16.1. The number of aryl methyl sites for hydroxylation is 1. The molecule has 5 heteroatoms. The summed E-state index contributed by atoms with van der Waals surface area (Å²) in [5.41, 5.74) is 2.63. The highest BCUT2D eigenvalue weighted by molar-refractivity contribution is 7.99. The molecular weight excluding hydrogens is 308 g/mol. The molecule has 3 rings (SSSR count). The number of benzene rings is 1. The maximum Gasteiger partial charge on any atom is 0.224 e. The summed E-state index contributed by atoms with van der Waals surface area (Å²) in [5, 5.41) is 3.83. The molecule has 0 radical (unpaired) electrons. The van der Waals surface area contributed by atoms with Gasteiger partial charge >= 0.3 is 0 Å². The van der Waals surface area contributed by atoms with Crippen LogP contribution < -0.4 is 5.32 Å². The lowest BCUT2D eigenvalue weighted by Crippen LogP contribution is -2.19. The number of fused-ring (bicyclic) bond motifs is 1. The summed E-state index contributed by atoms with van der Waals surface area (Å²) in [6, 6.07) is 11.4. The van der Waals surface area contributed by atoms with Crippen LogP contribution in [0.4, 0.5) is 5.69 Å². The largest absolute Gasteiger partial charge is 0.326 e. The van der Waals surface area contributed by atoms with Crippen molar-refractivity contribution in [2.24, 2.45) is 0 Å². The molecule has 1 aliphatic heterocycles. The molecule has 0 bridgehead atoms. The number of rotatable bonds is 6. The van der Waals surface area contributed by atoms with Crippen molar-refractivity contribution in [1.82, 2.24) is 4.98 Å². The zero-order valence-electron chi connectivity index (χ0n) is 12.7. The molecule has 1 N–H and O–H groups in total. The second-order valence-corrected chi connectivity index (χ2v) is 6.58. The zero-order valence-corrected chi connectivity index (χ0v) is 13.6. The lowest BCUT2D eigenvalue weighted by molar-refractivity contribution is -0.116. The van der Waals surface area contributed by atoms with Crippen LogP contribution in [-0.2, 0) is 11.2 Å². The molecule has 0 fully saturated rings. The predicted octanol–water partition coefficient (Wildman–Crippen LogP) is 3.72. The number of hydrogen-bond donors (Lipinski definition) is 1. The summed E-state index contributed by atoms with van der Waals surface area (Å²) in [6.45, 7) is 0. The Bertz CT molecular complexity index is 716. The fourth-order valence-electron chi connectivity index (χ4n) is 2.54. The maximum atomic E-state index is 12.3. The van der Waals surface area contributed by atoms with Gasteiger partial charge in [0.25, 0.3) is 0 Å². The minimum atomic E-state index is 0.0446. The lowest BCUT2D eigenvalue weighted by atomic mass is 9.97. The van der Waals surface area contributed by atoms with Crippen LogP contribution in [0.15, 0.2) is 47.6 Å². The van der Waals surface area contributed by atoms with Crippen molar-refractivity contribution >= 4 is 29.1 Å². The van der Waals surface area contributed by atoms with Gasteiger partial charge in [0.05, 0.1) is 5.03 Å². The number of nitrogens with one attached hydrogen (secondary N) is 1. The van der Waals surface area contributed by atoms with Gasteiger partial charge in [-0.05, 0) is 54.5 Å². The summed E-state index contributed by atoms with van der Waals surface area (Å²) < 4.78 is 0. The lowest BCUT2D eigenvalue weighted by Gasteiger charge is -2.17. The number of carbonyl (C=O) groups is 2. The van der Waals surface area contributed by atoms with Gasteiger partial charge < -0.3 is 5.32 Å². The molecule has 0 aliphatic carbocycles. The molecule has 1 aromatic carbocycles. The van der Waals surface area contributed by atoms with Crippen molar-refractivity contribution in [2.75, 3.05) is 11.1 Å². The van der Waals surface area contributed by atoms with Crippen molar-refractivity contribution in [3.63, 3.8) is 0 Å². The summed E-state index contributed by atoms with van der Waals surface area (Å²) >= 11 is 1.67. The summed E-state index contributed by atoms with van der Waals surface area (Å²) in [7, 11) is 0. The van der Waals surface area contributed by atoms with Crippen molar-refractivity contribution in [3.8, 4) is 0 Å². The Hall–Kier alpha value is -2.14. The van der Waals surface area contributed by atoms with Gasteiger partial charge in [0.1, 0.15) is 0 Å². The highest BCUT2D eigenvalue weighted by Gasteiger charge is 2.16. The van der Waals surface area contributed by atoms with Crippen molar-refractivity contribution in [2.45, 2.75) is 30.7 Å². The van der Waals surface area contributed by atoms with Crippen LogP contribution in [0.2, 0.25) is 0 Å². The first-order valence-corrected chi connectivity index (χ1v) is 8.71. The van der Waals surface area contributed by atoms with Crippen molar-refractivity contribution < 1.29 is 9.59 Å². The number of hydrogen-bond acceptors (Lipinski definition) is 4. The number of pyridine rings is 1. The van der Waals surface area contributed by atoms with Crippen LogP contribution in [0, 0.1) is 0 Å². The van der Waals surface area contributed by atoms with E-state index in [0.717, 1.165) is 34.0 Å². The Labute approximate surface area is 139 Å². The van der Waals surface area contributed by atoms with Gasteiger partial charge in [-0.3, -0.25) is 9.59 Å². The molecule has 2 heterocycles. The van der Waals surface area contributed by atoms with Crippen LogP contribution in [0.1, 0.15) is 35.2 Å². The van der Waals surface area contributed by atoms with E-state index < -0.39 is 0 Å². The van der Waals surface area contributed by atoms with Gasteiger partial charge in [-0.25, -0.2) is 4.98 Å². The maximum absolute atomic E-state index is 12.3. The second-order valence-electron chi connectivity index (χ2n) is 5.46. The Kier molecular flexibility index (Phi) is 5.08. The first kappa shape index (κ1) is 15.7. The molecule has 118 valence electrons. The monoisotopic (exact) mass is 326 g/mol. The number of aromatic nitrogens is 1. The normalized spacial score (nSPS) is 13.3. The molecule has 1 amide bonds. The third-order valence-electron chi connectivity index (χ3n) is 3.76. The average molecular weight is 326 g/mol. The Morgan fingerprint density at radius 2 is 2.13 bits per heavy atom.